The fourth-order valence-corrected chi connectivity index (χ4v) is 4.50. The van der Waals surface area contributed by atoms with Crippen LogP contribution in [0, 0.1) is 18.8 Å². The van der Waals surface area contributed by atoms with Crippen LogP contribution in [0.4, 0.5) is 0 Å². The molecule has 2 aliphatic rings. The van der Waals surface area contributed by atoms with Crippen LogP contribution in [-0.4, -0.2) is 14.5 Å². The topological polar surface area (TPSA) is 57.0 Å². The van der Waals surface area contributed by atoms with Crippen LogP contribution in [0.25, 0.3) is 0 Å². The van der Waals surface area contributed by atoms with Crippen LogP contribution < -0.4 is 10.3 Å². The number of aromatic nitrogens is 3. The number of aryl methyl sites for hydroxylation is 1. The third kappa shape index (κ3) is 4.16. The lowest BCUT2D eigenvalue weighted by molar-refractivity contribution is 0.232. The molecule has 0 saturated heterocycles. The second-order valence-electron chi connectivity index (χ2n) is 8.72. The van der Waals surface area contributed by atoms with Crippen molar-refractivity contribution in [3.63, 3.8) is 0 Å². The van der Waals surface area contributed by atoms with Crippen LogP contribution in [0.3, 0.4) is 0 Å². The molecule has 0 unspecified atom stereocenters. The summed E-state index contributed by atoms with van der Waals surface area (Å²) in [7, 11) is 0. The monoisotopic (exact) mass is 401 g/mol. The fourth-order valence-electron chi connectivity index (χ4n) is 4.50. The van der Waals surface area contributed by atoms with E-state index in [-0.39, 0.29) is 12.2 Å². The predicted molar refractivity (Wildman–Crippen MR) is 116 cm³/mol. The summed E-state index contributed by atoms with van der Waals surface area (Å²) in [4.78, 5) is 20.9. The molecule has 0 amide bonds. The molecule has 2 aliphatic carbocycles. The molecular weight excluding hydrogens is 374 g/mol. The average molecular weight is 402 g/mol. The zero-order valence-corrected chi connectivity index (χ0v) is 17.3. The van der Waals surface area contributed by atoms with Crippen LogP contribution in [0.15, 0.2) is 59.7 Å². The van der Waals surface area contributed by atoms with E-state index in [1.54, 1.807) is 23.0 Å². The summed E-state index contributed by atoms with van der Waals surface area (Å²) in [6, 6.07) is 14.0. The van der Waals surface area contributed by atoms with E-state index in [1.165, 1.54) is 37.3 Å². The predicted octanol–water partition coefficient (Wildman–Crippen LogP) is 4.48. The highest BCUT2D eigenvalue weighted by atomic mass is 16.5. The van der Waals surface area contributed by atoms with Crippen molar-refractivity contribution in [1.29, 1.82) is 0 Å². The Morgan fingerprint density at radius 2 is 1.77 bits per heavy atom. The summed E-state index contributed by atoms with van der Waals surface area (Å²) < 4.78 is 7.50. The quantitative estimate of drug-likeness (QED) is 0.586. The van der Waals surface area contributed by atoms with Crippen LogP contribution in [0.5, 0.6) is 5.75 Å². The van der Waals surface area contributed by atoms with Gasteiger partial charge < -0.3 is 9.30 Å². The lowest BCUT2D eigenvalue weighted by Crippen LogP contribution is -2.24. The summed E-state index contributed by atoms with van der Waals surface area (Å²) in [6.45, 7) is 2.75. The molecule has 0 aliphatic heterocycles. The van der Waals surface area contributed by atoms with Crippen LogP contribution >= 0.6 is 0 Å². The molecule has 5 rings (SSSR count). The Kier molecular flexibility index (Phi) is 5.11. The van der Waals surface area contributed by atoms with E-state index in [0.29, 0.717) is 18.1 Å². The Bertz CT molecular complexity index is 1070. The van der Waals surface area contributed by atoms with Crippen molar-refractivity contribution < 1.29 is 4.74 Å². The van der Waals surface area contributed by atoms with E-state index < -0.39 is 0 Å². The van der Waals surface area contributed by atoms with Crippen LogP contribution in [0.2, 0.25) is 0 Å². The Hall–Kier alpha value is -2.95. The van der Waals surface area contributed by atoms with E-state index in [9.17, 15) is 4.79 Å². The maximum Gasteiger partial charge on any atom is 0.254 e. The van der Waals surface area contributed by atoms with Gasteiger partial charge in [0, 0.05) is 24.2 Å². The highest BCUT2D eigenvalue weighted by Crippen LogP contribution is 2.52. The molecule has 0 bridgehead atoms. The van der Waals surface area contributed by atoms with Gasteiger partial charge in [0.1, 0.15) is 12.4 Å². The Balaban J connectivity index is 1.22. The first kappa shape index (κ1) is 19.0. The molecule has 30 heavy (non-hydrogen) atoms. The van der Waals surface area contributed by atoms with Crippen molar-refractivity contribution in [3.8, 4) is 5.75 Å². The number of nitrogens with zero attached hydrogens (tertiary/aromatic N) is 3. The zero-order chi connectivity index (χ0) is 20.5. The number of hydrogen-bond acceptors (Lipinski definition) is 4. The van der Waals surface area contributed by atoms with Crippen molar-refractivity contribution in [2.45, 2.75) is 51.7 Å². The van der Waals surface area contributed by atoms with E-state index >= 15 is 0 Å². The van der Waals surface area contributed by atoms with Crippen molar-refractivity contribution in [1.82, 2.24) is 14.5 Å². The molecule has 2 heterocycles. The Labute approximate surface area is 176 Å². The minimum absolute atomic E-state index is 0.0608. The van der Waals surface area contributed by atoms with Crippen LogP contribution in [0.1, 0.15) is 54.2 Å². The zero-order valence-electron chi connectivity index (χ0n) is 17.3. The molecule has 2 saturated carbocycles. The lowest BCUT2D eigenvalue weighted by atomic mass is 9.69. The summed E-state index contributed by atoms with van der Waals surface area (Å²) >= 11 is 0. The first-order chi connectivity index (χ1) is 14.7. The highest BCUT2D eigenvalue weighted by Gasteiger charge is 2.40. The molecule has 5 nitrogen and oxygen atoms in total. The van der Waals surface area contributed by atoms with Crippen molar-refractivity contribution in [2.75, 3.05) is 0 Å². The minimum Gasteiger partial charge on any atom is -0.485 e. The molecule has 0 N–H and O–H groups in total. The molecule has 0 spiro atoms. The number of rotatable bonds is 7. The van der Waals surface area contributed by atoms with Gasteiger partial charge in [0.05, 0.1) is 6.54 Å². The van der Waals surface area contributed by atoms with Gasteiger partial charge in [-0.15, -0.1) is 0 Å². The van der Waals surface area contributed by atoms with Gasteiger partial charge in [0.15, 0.2) is 5.82 Å². The number of hydrogen-bond donors (Lipinski definition) is 0. The lowest BCUT2D eigenvalue weighted by Gasteiger charge is -2.36. The summed E-state index contributed by atoms with van der Waals surface area (Å²) in [5.74, 6) is 3.88. The van der Waals surface area contributed by atoms with Crippen LogP contribution in [-0.2, 0) is 13.2 Å². The van der Waals surface area contributed by atoms with Gasteiger partial charge >= 0.3 is 0 Å². The van der Waals surface area contributed by atoms with Gasteiger partial charge in [-0.05, 0) is 73.6 Å². The molecular formula is C25H27N3O2. The number of benzene rings is 1. The minimum atomic E-state index is -0.0608. The SMILES string of the molecule is Cc1cc(OCc2ncccn2)cc(=O)n1Cc1ccc(C2CC(C3CC3)C2)cc1. The van der Waals surface area contributed by atoms with E-state index in [4.69, 9.17) is 4.74 Å². The molecule has 2 fully saturated rings. The molecule has 1 aromatic carbocycles. The first-order valence-electron chi connectivity index (χ1n) is 10.8. The second kappa shape index (κ2) is 8.05. The van der Waals surface area contributed by atoms with Gasteiger partial charge in [-0.1, -0.05) is 24.3 Å². The Morgan fingerprint density at radius 1 is 1.03 bits per heavy atom. The van der Waals surface area contributed by atoms with E-state index in [1.807, 2.05) is 13.0 Å². The second-order valence-corrected chi connectivity index (χ2v) is 8.72. The van der Waals surface area contributed by atoms with Gasteiger partial charge in [-0.2, -0.15) is 0 Å². The molecule has 0 radical (unpaired) electrons. The third-order valence-corrected chi connectivity index (χ3v) is 6.55. The summed E-state index contributed by atoms with van der Waals surface area (Å²) in [5, 5.41) is 0. The van der Waals surface area contributed by atoms with Crippen molar-refractivity contribution in [3.05, 3.63) is 87.9 Å². The first-order valence-corrected chi connectivity index (χ1v) is 10.8. The van der Waals surface area contributed by atoms with Gasteiger partial charge in [0.2, 0.25) is 0 Å². The number of pyridine rings is 1. The Morgan fingerprint density at radius 3 is 2.43 bits per heavy atom. The molecule has 0 atom stereocenters. The van der Waals surface area contributed by atoms with Crippen molar-refractivity contribution in [2.24, 2.45) is 11.8 Å². The number of ether oxygens (including phenoxy) is 1. The highest BCUT2D eigenvalue weighted by molar-refractivity contribution is 5.29. The summed E-state index contributed by atoms with van der Waals surface area (Å²) in [6.07, 6.45) is 8.98. The van der Waals surface area contributed by atoms with Gasteiger partial charge in [-0.3, -0.25) is 4.79 Å². The molecule has 154 valence electrons. The van der Waals surface area contributed by atoms with E-state index in [0.717, 1.165) is 29.0 Å². The largest absolute Gasteiger partial charge is 0.485 e. The standard InChI is InChI=1S/C25H27N3O2/c1-17-11-23(30-16-24-26-9-2-10-27-24)14-25(29)28(17)15-18-3-5-19(6-4-18)21-12-22(13-21)20-7-8-20/h2-6,9-11,14,20-22H,7-8,12-13,15-16H2,1H3. The fraction of sp³-hybridized carbons (Fsp3) is 0.400. The maximum atomic E-state index is 12.7. The normalized spacial score (nSPS) is 20.6. The molecule has 2 aromatic heterocycles. The maximum absolute atomic E-state index is 12.7. The smallest absolute Gasteiger partial charge is 0.254 e. The third-order valence-electron chi connectivity index (χ3n) is 6.55. The van der Waals surface area contributed by atoms with Gasteiger partial charge in [0.25, 0.3) is 5.56 Å². The van der Waals surface area contributed by atoms with Gasteiger partial charge in [-0.25, -0.2) is 9.97 Å². The molecule has 5 heteroatoms. The van der Waals surface area contributed by atoms with E-state index in [2.05, 4.69) is 34.2 Å². The van der Waals surface area contributed by atoms with Crippen molar-refractivity contribution >= 4 is 0 Å². The average Bonchev–Trinajstić information content (AvgIpc) is 3.55. The molecule has 3 aromatic rings. The summed E-state index contributed by atoms with van der Waals surface area (Å²) in [5.41, 5.74) is 3.41.